The number of nitrogens with one attached hydrogen (secondary N) is 1. The number of carbonyl (C=O) groups excluding carboxylic acids is 1. The third-order valence-corrected chi connectivity index (χ3v) is 4.29. The molecule has 0 bridgehead atoms. The standard InChI is InChI=1S/C15H22ClN3O/c1-2-19-7-3-4-13(19)10-18-9-12-6-5-11(15(17)20)8-14(12)16/h5-6,8,13,18H,2-4,7,9-10H2,1H3,(H2,17,20). The van der Waals surface area contributed by atoms with Crippen molar-refractivity contribution in [2.24, 2.45) is 5.73 Å². The minimum atomic E-state index is -0.448. The molecule has 5 heteroatoms. The molecule has 1 saturated heterocycles. The predicted molar refractivity (Wildman–Crippen MR) is 81.9 cm³/mol. The lowest BCUT2D eigenvalue weighted by atomic mass is 10.1. The van der Waals surface area contributed by atoms with E-state index in [0.29, 0.717) is 23.2 Å². The van der Waals surface area contributed by atoms with Gasteiger partial charge in [-0.2, -0.15) is 0 Å². The molecule has 1 aromatic rings. The van der Waals surface area contributed by atoms with Gasteiger partial charge in [-0.05, 0) is 43.6 Å². The van der Waals surface area contributed by atoms with Gasteiger partial charge in [-0.25, -0.2) is 0 Å². The van der Waals surface area contributed by atoms with E-state index in [1.54, 1.807) is 12.1 Å². The maximum atomic E-state index is 11.1. The van der Waals surface area contributed by atoms with Crippen molar-refractivity contribution in [3.8, 4) is 0 Å². The number of primary amides is 1. The Kier molecular flexibility index (Phi) is 5.40. The summed E-state index contributed by atoms with van der Waals surface area (Å²) in [6.45, 7) is 6.21. The van der Waals surface area contributed by atoms with Crippen LogP contribution in [0, 0.1) is 0 Å². The summed E-state index contributed by atoms with van der Waals surface area (Å²) < 4.78 is 0. The van der Waals surface area contributed by atoms with Crippen LogP contribution >= 0.6 is 11.6 Å². The highest BCUT2D eigenvalue weighted by atomic mass is 35.5. The monoisotopic (exact) mass is 295 g/mol. The fraction of sp³-hybridized carbons (Fsp3) is 0.533. The van der Waals surface area contributed by atoms with Crippen molar-refractivity contribution >= 4 is 17.5 Å². The first kappa shape index (κ1) is 15.3. The molecule has 1 atom stereocenters. The van der Waals surface area contributed by atoms with Gasteiger partial charge in [0, 0.05) is 29.7 Å². The Morgan fingerprint density at radius 1 is 1.55 bits per heavy atom. The minimum Gasteiger partial charge on any atom is -0.366 e. The van der Waals surface area contributed by atoms with E-state index in [-0.39, 0.29) is 0 Å². The van der Waals surface area contributed by atoms with Crippen molar-refractivity contribution in [3.63, 3.8) is 0 Å². The molecule has 3 N–H and O–H groups in total. The second-order valence-corrected chi connectivity index (χ2v) is 5.63. The van der Waals surface area contributed by atoms with Crippen LogP contribution in [0.25, 0.3) is 0 Å². The first-order chi connectivity index (χ1) is 9.61. The van der Waals surface area contributed by atoms with Crippen LogP contribution in [0.1, 0.15) is 35.7 Å². The normalized spacial score (nSPS) is 19.4. The number of nitrogens with two attached hydrogens (primary N) is 1. The second-order valence-electron chi connectivity index (χ2n) is 5.23. The van der Waals surface area contributed by atoms with E-state index < -0.39 is 5.91 Å². The SMILES string of the molecule is CCN1CCCC1CNCc1ccc(C(N)=O)cc1Cl. The van der Waals surface area contributed by atoms with E-state index in [9.17, 15) is 4.79 Å². The number of nitrogens with zero attached hydrogens (tertiary/aromatic N) is 1. The molecule has 0 spiro atoms. The van der Waals surface area contributed by atoms with E-state index in [1.165, 1.54) is 19.4 Å². The number of amides is 1. The van der Waals surface area contributed by atoms with Gasteiger partial charge < -0.3 is 11.1 Å². The molecule has 1 fully saturated rings. The minimum absolute atomic E-state index is 0.448. The van der Waals surface area contributed by atoms with Gasteiger partial charge in [0.1, 0.15) is 0 Å². The van der Waals surface area contributed by atoms with Crippen molar-refractivity contribution < 1.29 is 4.79 Å². The fourth-order valence-corrected chi connectivity index (χ4v) is 3.01. The lowest BCUT2D eigenvalue weighted by Gasteiger charge is -2.23. The summed E-state index contributed by atoms with van der Waals surface area (Å²) in [5.74, 6) is -0.448. The van der Waals surface area contributed by atoms with Gasteiger partial charge in [0.05, 0.1) is 0 Å². The van der Waals surface area contributed by atoms with Crippen molar-refractivity contribution in [1.82, 2.24) is 10.2 Å². The Morgan fingerprint density at radius 3 is 3.00 bits per heavy atom. The Morgan fingerprint density at radius 2 is 2.35 bits per heavy atom. The van der Waals surface area contributed by atoms with Crippen LogP contribution < -0.4 is 11.1 Å². The summed E-state index contributed by atoms with van der Waals surface area (Å²) in [4.78, 5) is 13.6. The zero-order chi connectivity index (χ0) is 14.5. The summed E-state index contributed by atoms with van der Waals surface area (Å²) in [7, 11) is 0. The van der Waals surface area contributed by atoms with E-state index in [1.807, 2.05) is 6.07 Å². The second kappa shape index (κ2) is 7.07. The lowest BCUT2D eigenvalue weighted by Crippen LogP contribution is -2.37. The summed E-state index contributed by atoms with van der Waals surface area (Å²) in [5.41, 5.74) is 6.68. The van der Waals surface area contributed by atoms with E-state index in [2.05, 4.69) is 17.1 Å². The Bertz CT molecular complexity index is 478. The average Bonchev–Trinajstić information content (AvgIpc) is 2.87. The molecule has 0 aromatic heterocycles. The molecule has 4 nitrogen and oxygen atoms in total. The van der Waals surface area contributed by atoms with Gasteiger partial charge in [-0.3, -0.25) is 9.69 Å². The molecule has 1 heterocycles. The molecule has 2 rings (SSSR count). The highest BCUT2D eigenvalue weighted by molar-refractivity contribution is 6.31. The van der Waals surface area contributed by atoms with E-state index in [4.69, 9.17) is 17.3 Å². The molecular formula is C15H22ClN3O. The predicted octanol–water partition coefficient (Wildman–Crippen LogP) is 2.01. The van der Waals surface area contributed by atoms with Gasteiger partial charge in [0.25, 0.3) is 0 Å². The molecule has 0 saturated carbocycles. The first-order valence-corrected chi connectivity index (χ1v) is 7.52. The summed E-state index contributed by atoms with van der Waals surface area (Å²) in [5, 5.41) is 4.05. The van der Waals surface area contributed by atoms with Crippen LogP contribution in [-0.4, -0.2) is 36.5 Å². The van der Waals surface area contributed by atoms with Crippen LogP contribution in [0.3, 0.4) is 0 Å². The summed E-state index contributed by atoms with van der Waals surface area (Å²) >= 11 is 6.17. The van der Waals surface area contributed by atoms with Crippen molar-refractivity contribution in [3.05, 3.63) is 34.3 Å². The van der Waals surface area contributed by atoms with Gasteiger partial charge >= 0.3 is 0 Å². The van der Waals surface area contributed by atoms with Crippen LogP contribution in [0.4, 0.5) is 0 Å². The molecule has 1 amide bonds. The number of likely N-dealkylation sites (N-methyl/N-ethyl adjacent to an activating group) is 1. The Hall–Kier alpha value is -1.10. The zero-order valence-corrected chi connectivity index (χ0v) is 12.6. The molecule has 0 aliphatic carbocycles. The molecule has 1 aliphatic rings. The number of hydrogen-bond acceptors (Lipinski definition) is 3. The van der Waals surface area contributed by atoms with Gasteiger partial charge in [0.15, 0.2) is 0 Å². The summed E-state index contributed by atoms with van der Waals surface area (Å²) in [6, 6.07) is 5.85. The van der Waals surface area contributed by atoms with Crippen LogP contribution in [0.15, 0.2) is 18.2 Å². The third-order valence-electron chi connectivity index (χ3n) is 3.94. The van der Waals surface area contributed by atoms with Crippen molar-refractivity contribution in [1.29, 1.82) is 0 Å². The maximum absolute atomic E-state index is 11.1. The van der Waals surface area contributed by atoms with E-state index in [0.717, 1.165) is 18.7 Å². The topological polar surface area (TPSA) is 58.4 Å². The number of carbonyl (C=O) groups is 1. The molecular weight excluding hydrogens is 274 g/mol. The molecule has 1 aliphatic heterocycles. The average molecular weight is 296 g/mol. The van der Waals surface area contributed by atoms with E-state index >= 15 is 0 Å². The molecule has 1 aromatic carbocycles. The van der Waals surface area contributed by atoms with Crippen molar-refractivity contribution in [2.75, 3.05) is 19.6 Å². The summed E-state index contributed by atoms with van der Waals surface area (Å²) in [6.07, 6.45) is 2.55. The number of hydrogen-bond donors (Lipinski definition) is 2. The van der Waals surface area contributed by atoms with Crippen molar-refractivity contribution in [2.45, 2.75) is 32.4 Å². The van der Waals surface area contributed by atoms with Crippen LogP contribution in [0.2, 0.25) is 5.02 Å². The van der Waals surface area contributed by atoms with Crippen LogP contribution in [-0.2, 0) is 6.54 Å². The molecule has 20 heavy (non-hydrogen) atoms. The fourth-order valence-electron chi connectivity index (χ4n) is 2.76. The largest absolute Gasteiger partial charge is 0.366 e. The van der Waals surface area contributed by atoms with Gasteiger partial charge in [0.2, 0.25) is 5.91 Å². The highest BCUT2D eigenvalue weighted by Gasteiger charge is 2.22. The molecule has 0 radical (unpaired) electrons. The smallest absolute Gasteiger partial charge is 0.248 e. The molecule has 110 valence electrons. The number of halogens is 1. The Labute approximate surface area is 125 Å². The molecule has 1 unspecified atom stereocenters. The van der Waals surface area contributed by atoms with Crippen LogP contribution in [0.5, 0.6) is 0 Å². The van der Waals surface area contributed by atoms with Gasteiger partial charge in [-0.1, -0.05) is 24.6 Å². The number of likely N-dealkylation sites (tertiary alicyclic amines) is 1. The maximum Gasteiger partial charge on any atom is 0.248 e. The zero-order valence-electron chi connectivity index (χ0n) is 11.9. The first-order valence-electron chi connectivity index (χ1n) is 7.14. The Balaban J connectivity index is 1.86. The number of rotatable bonds is 6. The van der Waals surface area contributed by atoms with Gasteiger partial charge in [-0.15, -0.1) is 0 Å². The lowest BCUT2D eigenvalue weighted by molar-refractivity contribution is 0.100. The highest BCUT2D eigenvalue weighted by Crippen LogP contribution is 2.19. The quantitative estimate of drug-likeness (QED) is 0.844. The number of benzene rings is 1. The third kappa shape index (κ3) is 3.72.